The summed E-state index contributed by atoms with van der Waals surface area (Å²) >= 11 is 0. The first kappa shape index (κ1) is 20.1. The topological polar surface area (TPSA) is 26.3 Å². The maximum atomic E-state index is 13.5. The molecule has 0 aliphatic heterocycles. The van der Waals surface area contributed by atoms with Crippen LogP contribution in [0.3, 0.4) is 0 Å². The van der Waals surface area contributed by atoms with Crippen molar-refractivity contribution in [3.8, 4) is 0 Å². The molecule has 0 aliphatic rings. The molecule has 124 valence electrons. The summed E-state index contributed by atoms with van der Waals surface area (Å²) in [4.78, 5) is 10.9. The third kappa shape index (κ3) is 15.3. The van der Waals surface area contributed by atoms with Gasteiger partial charge in [0.1, 0.15) is 0 Å². The summed E-state index contributed by atoms with van der Waals surface area (Å²) in [6.07, 6.45) is 14.8. The molecule has 0 unspecified atom stereocenters. The van der Waals surface area contributed by atoms with Gasteiger partial charge in [-0.3, -0.25) is 4.79 Å². The molecule has 0 aliphatic carbocycles. The molecule has 0 amide bonds. The van der Waals surface area contributed by atoms with Gasteiger partial charge in [0.2, 0.25) is 0 Å². The second kappa shape index (κ2) is 15.5. The molecule has 0 heterocycles. The van der Waals surface area contributed by atoms with E-state index in [2.05, 4.69) is 11.7 Å². The Morgan fingerprint density at radius 1 is 0.905 bits per heavy atom. The van der Waals surface area contributed by atoms with E-state index in [1.54, 1.807) is 6.08 Å². The van der Waals surface area contributed by atoms with Crippen LogP contribution in [0.4, 0.5) is 4.39 Å². The van der Waals surface area contributed by atoms with Crippen molar-refractivity contribution in [3.05, 3.63) is 11.9 Å². The summed E-state index contributed by atoms with van der Waals surface area (Å²) in [7, 11) is 1.42. The highest BCUT2D eigenvalue weighted by molar-refractivity contribution is 5.68. The predicted molar refractivity (Wildman–Crippen MR) is 86.9 cm³/mol. The maximum absolute atomic E-state index is 13.5. The lowest BCUT2D eigenvalue weighted by Gasteiger charge is -2.02. The number of halogens is 1. The predicted octanol–water partition coefficient (Wildman–Crippen LogP) is 6.10. The zero-order valence-electron chi connectivity index (χ0n) is 14.0. The Hall–Kier alpha value is -0.860. The van der Waals surface area contributed by atoms with Crippen molar-refractivity contribution in [2.45, 2.75) is 90.4 Å². The zero-order chi connectivity index (χ0) is 15.8. The quantitative estimate of drug-likeness (QED) is 0.286. The molecule has 0 spiro atoms. The summed E-state index contributed by atoms with van der Waals surface area (Å²) in [5.41, 5.74) is 0. The largest absolute Gasteiger partial charge is 0.469 e. The third-order valence-corrected chi connectivity index (χ3v) is 3.70. The molecular weight excluding hydrogens is 267 g/mol. The number of esters is 1. The minimum atomic E-state index is -0.124. The summed E-state index contributed by atoms with van der Waals surface area (Å²) in [5.74, 6) is -0.0571. The average molecular weight is 300 g/mol. The summed E-state index contributed by atoms with van der Waals surface area (Å²) in [6.45, 7) is 2.19. The van der Waals surface area contributed by atoms with Crippen LogP contribution in [0.2, 0.25) is 0 Å². The molecule has 3 heteroatoms. The molecule has 0 aromatic rings. The van der Waals surface area contributed by atoms with Gasteiger partial charge >= 0.3 is 5.97 Å². The Labute approximate surface area is 130 Å². The molecule has 0 saturated heterocycles. The van der Waals surface area contributed by atoms with Crippen LogP contribution in [0, 0.1) is 0 Å². The van der Waals surface area contributed by atoms with Crippen molar-refractivity contribution in [1.29, 1.82) is 0 Å². The van der Waals surface area contributed by atoms with Gasteiger partial charge in [0.05, 0.1) is 12.9 Å². The number of methoxy groups -OCH3 is 1. The fraction of sp³-hybridized carbons (Fsp3) is 0.833. The van der Waals surface area contributed by atoms with Crippen molar-refractivity contribution in [2.75, 3.05) is 7.11 Å². The number of hydrogen-bond acceptors (Lipinski definition) is 2. The van der Waals surface area contributed by atoms with Crippen molar-refractivity contribution in [3.63, 3.8) is 0 Å². The van der Waals surface area contributed by atoms with Gasteiger partial charge in [0.15, 0.2) is 0 Å². The molecule has 2 nitrogen and oxygen atoms in total. The highest BCUT2D eigenvalue weighted by atomic mass is 19.1. The lowest BCUT2D eigenvalue weighted by molar-refractivity contribution is -0.140. The van der Waals surface area contributed by atoms with Crippen LogP contribution < -0.4 is 0 Å². The first-order valence-corrected chi connectivity index (χ1v) is 8.62. The van der Waals surface area contributed by atoms with Crippen LogP contribution in [0.5, 0.6) is 0 Å². The van der Waals surface area contributed by atoms with E-state index in [0.29, 0.717) is 12.8 Å². The Morgan fingerprint density at radius 2 is 1.48 bits per heavy atom. The average Bonchev–Trinajstić information content (AvgIpc) is 2.49. The van der Waals surface area contributed by atoms with E-state index in [4.69, 9.17) is 0 Å². The normalized spacial score (nSPS) is 11.7. The van der Waals surface area contributed by atoms with E-state index in [-0.39, 0.29) is 11.8 Å². The lowest BCUT2D eigenvalue weighted by atomic mass is 10.1. The second-order valence-electron chi connectivity index (χ2n) is 5.70. The Bertz CT molecular complexity index is 274. The van der Waals surface area contributed by atoms with Crippen LogP contribution in [-0.2, 0) is 9.53 Å². The minimum absolute atomic E-state index is 0.0668. The van der Waals surface area contributed by atoms with Gasteiger partial charge < -0.3 is 4.74 Å². The number of carbonyl (C=O) groups is 1. The molecule has 0 aromatic heterocycles. The Morgan fingerprint density at radius 3 is 2.10 bits per heavy atom. The van der Waals surface area contributed by atoms with Crippen LogP contribution >= 0.6 is 0 Å². The zero-order valence-corrected chi connectivity index (χ0v) is 14.0. The monoisotopic (exact) mass is 300 g/mol. The number of rotatable bonds is 14. The molecule has 21 heavy (non-hydrogen) atoms. The van der Waals surface area contributed by atoms with Crippen molar-refractivity contribution < 1.29 is 13.9 Å². The highest BCUT2D eigenvalue weighted by Crippen LogP contribution is 2.15. The first-order chi connectivity index (χ1) is 10.2. The maximum Gasteiger partial charge on any atom is 0.305 e. The standard InChI is InChI=1S/C18H33FO2/c1-3-4-5-8-11-14-17(19)15-12-9-6-7-10-13-16-18(20)21-2/h14H,3-13,15-16H2,1-2H3/b17-14+. The first-order valence-electron chi connectivity index (χ1n) is 8.62. The van der Waals surface area contributed by atoms with Crippen LogP contribution in [-0.4, -0.2) is 13.1 Å². The van der Waals surface area contributed by atoms with Gasteiger partial charge in [0.25, 0.3) is 0 Å². The van der Waals surface area contributed by atoms with Gasteiger partial charge in [0, 0.05) is 6.42 Å². The summed E-state index contributed by atoms with van der Waals surface area (Å²) in [6, 6.07) is 0. The van der Waals surface area contributed by atoms with E-state index in [0.717, 1.165) is 51.4 Å². The van der Waals surface area contributed by atoms with E-state index >= 15 is 0 Å². The molecular formula is C18H33FO2. The smallest absolute Gasteiger partial charge is 0.305 e. The molecule has 0 atom stereocenters. The fourth-order valence-electron chi connectivity index (χ4n) is 2.30. The minimum Gasteiger partial charge on any atom is -0.469 e. The highest BCUT2D eigenvalue weighted by Gasteiger charge is 2.00. The van der Waals surface area contributed by atoms with Gasteiger partial charge in [-0.05, 0) is 32.1 Å². The van der Waals surface area contributed by atoms with E-state index in [9.17, 15) is 9.18 Å². The van der Waals surface area contributed by atoms with E-state index in [1.165, 1.54) is 26.4 Å². The van der Waals surface area contributed by atoms with E-state index in [1.807, 2.05) is 0 Å². The van der Waals surface area contributed by atoms with Crippen LogP contribution in [0.15, 0.2) is 11.9 Å². The Balaban J connectivity index is 3.29. The number of ether oxygens (including phenoxy) is 1. The summed E-state index contributed by atoms with van der Waals surface area (Å²) in [5, 5.41) is 0. The van der Waals surface area contributed by atoms with Gasteiger partial charge in [-0.1, -0.05) is 57.9 Å². The second-order valence-corrected chi connectivity index (χ2v) is 5.70. The number of hydrogen-bond donors (Lipinski definition) is 0. The number of allylic oxidation sites excluding steroid dienone is 2. The Kier molecular flexibility index (Phi) is 14.9. The molecule has 0 N–H and O–H groups in total. The molecule has 0 saturated carbocycles. The van der Waals surface area contributed by atoms with Gasteiger partial charge in [-0.25, -0.2) is 4.39 Å². The van der Waals surface area contributed by atoms with Crippen LogP contribution in [0.25, 0.3) is 0 Å². The molecule has 0 bridgehead atoms. The fourth-order valence-corrected chi connectivity index (χ4v) is 2.30. The number of unbranched alkanes of at least 4 members (excludes halogenated alkanes) is 9. The molecule has 0 aromatic carbocycles. The van der Waals surface area contributed by atoms with E-state index < -0.39 is 0 Å². The van der Waals surface area contributed by atoms with Crippen LogP contribution in [0.1, 0.15) is 90.4 Å². The summed E-state index contributed by atoms with van der Waals surface area (Å²) < 4.78 is 18.1. The van der Waals surface area contributed by atoms with Crippen molar-refractivity contribution in [2.24, 2.45) is 0 Å². The third-order valence-electron chi connectivity index (χ3n) is 3.70. The molecule has 0 radical (unpaired) electrons. The SMILES string of the molecule is CCCCCC/C=C(/F)CCCCCCCCC(=O)OC. The molecule has 0 fully saturated rings. The van der Waals surface area contributed by atoms with Crippen molar-refractivity contribution >= 4 is 5.97 Å². The van der Waals surface area contributed by atoms with Gasteiger partial charge in [-0.2, -0.15) is 0 Å². The lowest BCUT2D eigenvalue weighted by Crippen LogP contribution is -1.99. The van der Waals surface area contributed by atoms with Crippen molar-refractivity contribution in [1.82, 2.24) is 0 Å². The van der Waals surface area contributed by atoms with Gasteiger partial charge in [-0.15, -0.1) is 0 Å². The molecule has 0 rings (SSSR count). The number of carbonyl (C=O) groups excluding carboxylic acids is 1.